The molecule has 0 saturated heterocycles. The maximum Gasteiger partial charge on any atom is 0.238 e. The van der Waals surface area contributed by atoms with Crippen molar-refractivity contribution in [2.75, 3.05) is 0 Å². The van der Waals surface area contributed by atoms with Gasteiger partial charge in [0.25, 0.3) is 0 Å². The van der Waals surface area contributed by atoms with E-state index in [0.29, 0.717) is 29.1 Å². The summed E-state index contributed by atoms with van der Waals surface area (Å²) in [6.07, 6.45) is 5.30. The van der Waals surface area contributed by atoms with Crippen LogP contribution in [-0.2, 0) is 12.8 Å². The first-order valence-electron chi connectivity index (χ1n) is 17.7. The molecule has 8 heteroatoms. The van der Waals surface area contributed by atoms with E-state index >= 15 is 0 Å². The Balaban J connectivity index is 1.24. The molecule has 0 amide bonds. The van der Waals surface area contributed by atoms with Gasteiger partial charge in [-0.15, -0.1) is 0 Å². The number of hydrogen-bond donors (Lipinski definition) is 0. The van der Waals surface area contributed by atoms with Gasteiger partial charge in [-0.2, -0.15) is 9.97 Å². The van der Waals surface area contributed by atoms with Crippen LogP contribution in [0.1, 0.15) is 11.1 Å². The SMILES string of the molecule is c1ccc(-c2nc(-c3ccccc3)nc(-n3c4c(c5ccccc53)CCc3c-4n(-c4cccc5nc(-c6cccnc6)oc45)c4ccccc34)n2)cc1. The third-order valence-corrected chi connectivity index (χ3v) is 10.2. The molecule has 0 atom stereocenters. The topological polar surface area (TPSA) is 87.5 Å². The van der Waals surface area contributed by atoms with Crippen molar-refractivity contribution in [2.45, 2.75) is 12.8 Å². The Labute approximate surface area is 303 Å². The molecule has 5 aromatic heterocycles. The van der Waals surface area contributed by atoms with Crippen molar-refractivity contribution in [3.05, 3.63) is 163 Å². The summed E-state index contributed by atoms with van der Waals surface area (Å²) in [4.78, 5) is 24.7. The zero-order valence-corrected chi connectivity index (χ0v) is 28.4. The van der Waals surface area contributed by atoms with Crippen LogP contribution in [0.25, 0.3) is 90.2 Å². The number of hydrogen-bond acceptors (Lipinski definition) is 6. The standard InChI is InChI=1S/C45H29N7O/c1-3-13-28(14-4-1)42-48-43(29-15-5-2-6-16-29)50-45(49-42)52-37-22-10-8-19-32(37)34-25-24-33-31-18-7-9-21-36(31)51(39(33)40(34)52)38-23-11-20-35-41(38)53-44(47-35)30-17-12-26-46-27-30/h1-23,26-27H,24-25H2. The van der Waals surface area contributed by atoms with Gasteiger partial charge in [-0.1, -0.05) is 103 Å². The zero-order valence-electron chi connectivity index (χ0n) is 28.4. The highest BCUT2D eigenvalue weighted by Crippen LogP contribution is 2.47. The highest BCUT2D eigenvalue weighted by Gasteiger charge is 2.33. The number of aromatic nitrogens is 7. The fraction of sp³-hybridized carbons (Fsp3) is 0.0444. The van der Waals surface area contributed by atoms with Crippen molar-refractivity contribution in [3.63, 3.8) is 0 Å². The Kier molecular flexibility index (Phi) is 6.51. The van der Waals surface area contributed by atoms with E-state index in [1.165, 1.54) is 21.9 Å². The van der Waals surface area contributed by atoms with Crippen LogP contribution < -0.4 is 0 Å². The third-order valence-electron chi connectivity index (χ3n) is 10.2. The molecule has 250 valence electrons. The van der Waals surface area contributed by atoms with Gasteiger partial charge < -0.3 is 8.98 Å². The Bertz CT molecular complexity index is 2940. The number of para-hydroxylation sites is 3. The van der Waals surface area contributed by atoms with Gasteiger partial charge in [-0.05, 0) is 60.4 Å². The van der Waals surface area contributed by atoms with Crippen molar-refractivity contribution in [1.82, 2.24) is 34.1 Å². The minimum absolute atomic E-state index is 0.535. The fourth-order valence-corrected chi connectivity index (χ4v) is 7.95. The van der Waals surface area contributed by atoms with E-state index in [2.05, 4.69) is 74.8 Å². The molecule has 1 aliphatic rings. The molecule has 0 N–H and O–H groups in total. The maximum atomic E-state index is 6.63. The summed E-state index contributed by atoms with van der Waals surface area (Å²) in [6, 6.07) is 47.6. The Morgan fingerprint density at radius 2 is 1.08 bits per heavy atom. The van der Waals surface area contributed by atoms with E-state index in [1.54, 1.807) is 12.4 Å². The number of benzene rings is 5. The van der Waals surface area contributed by atoms with Crippen LogP contribution >= 0.6 is 0 Å². The van der Waals surface area contributed by atoms with Crippen molar-refractivity contribution in [3.8, 4) is 57.3 Å². The van der Waals surface area contributed by atoms with Gasteiger partial charge in [-0.25, -0.2) is 9.97 Å². The molecule has 53 heavy (non-hydrogen) atoms. The molecular weight excluding hydrogens is 655 g/mol. The number of nitrogens with zero attached hydrogens (tertiary/aromatic N) is 7. The number of aryl methyl sites for hydroxylation is 2. The van der Waals surface area contributed by atoms with Gasteiger partial charge >= 0.3 is 0 Å². The summed E-state index contributed by atoms with van der Waals surface area (Å²) in [7, 11) is 0. The lowest BCUT2D eigenvalue weighted by molar-refractivity contribution is 0.617. The molecule has 0 aliphatic heterocycles. The summed E-state index contributed by atoms with van der Waals surface area (Å²) in [5, 5.41) is 2.39. The Morgan fingerprint density at radius 1 is 0.491 bits per heavy atom. The Hall–Kier alpha value is -7.19. The van der Waals surface area contributed by atoms with Crippen LogP contribution in [-0.4, -0.2) is 34.1 Å². The second kappa shape index (κ2) is 11.7. The average Bonchev–Trinajstić information content (AvgIpc) is 3.92. The van der Waals surface area contributed by atoms with E-state index < -0.39 is 0 Å². The Morgan fingerprint density at radius 3 is 1.72 bits per heavy atom. The summed E-state index contributed by atoms with van der Waals surface area (Å²) >= 11 is 0. The first-order chi connectivity index (χ1) is 26.3. The van der Waals surface area contributed by atoms with E-state index in [9.17, 15) is 0 Å². The number of pyridine rings is 1. The van der Waals surface area contributed by atoms with E-state index in [-0.39, 0.29) is 0 Å². The first-order valence-corrected chi connectivity index (χ1v) is 17.7. The zero-order chi connectivity index (χ0) is 34.9. The van der Waals surface area contributed by atoms with Gasteiger partial charge in [0.05, 0.1) is 33.7 Å². The molecule has 8 nitrogen and oxygen atoms in total. The lowest BCUT2D eigenvalue weighted by atomic mass is 9.92. The van der Waals surface area contributed by atoms with Crippen molar-refractivity contribution in [2.24, 2.45) is 0 Å². The van der Waals surface area contributed by atoms with E-state index in [4.69, 9.17) is 24.4 Å². The van der Waals surface area contributed by atoms with Crippen molar-refractivity contribution >= 4 is 32.9 Å². The monoisotopic (exact) mass is 683 g/mol. The fourth-order valence-electron chi connectivity index (χ4n) is 7.95. The largest absolute Gasteiger partial charge is 0.434 e. The number of fused-ring (bicyclic) bond motifs is 8. The summed E-state index contributed by atoms with van der Waals surface area (Å²) in [6.45, 7) is 0. The lowest BCUT2D eigenvalue weighted by Gasteiger charge is -2.20. The summed E-state index contributed by atoms with van der Waals surface area (Å²) in [5.41, 5.74) is 11.9. The highest BCUT2D eigenvalue weighted by molar-refractivity contribution is 6.02. The van der Waals surface area contributed by atoms with E-state index in [0.717, 1.165) is 63.2 Å². The molecule has 0 bridgehead atoms. The van der Waals surface area contributed by atoms with Crippen molar-refractivity contribution < 1.29 is 4.42 Å². The van der Waals surface area contributed by atoms with E-state index in [1.807, 2.05) is 78.9 Å². The van der Waals surface area contributed by atoms with Crippen LogP contribution in [0.15, 0.2) is 156 Å². The predicted molar refractivity (Wildman–Crippen MR) is 208 cm³/mol. The van der Waals surface area contributed by atoms with Gasteiger partial charge in [0, 0.05) is 34.3 Å². The van der Waals surface area contributed by atoms with Crippen LogP contribution in [0.4, 0.5) is 0 Å². The van der Waals surface area contributed by atoms with Gasteiger partial charge in [0.2, 0.25) is 11.8 Å². The van der Waals surface area contributed by atoms with Gasteiger partial charge in [0.15, 0.2) is 17.2 Å². The molecule has 5 aromatic carbocycles. The highest BCUT2D eigenvalue weighted by atomic mass is 16.3. The quantitative estimate of drug-likeness (QED) is 0.179. The molecular formula is C45H29N7O. The molecule has 0 saturated carbocycles. The van der Waals surface area contributed by atoms with Crippen molar-refractivity contribution in [1.29, 1.82) is 0 Å². The molecule has 0 radical (unpaired) electrons. The summed E-state index contributed by atoms with van der Waals surface area (Å²) < 4.78 is 11.2. The minimum Gasteiger partial charge on any atom is -0.434 e. The molecule has 1 aliphatic carbocycles. The van der Waals surface area contributed by atoms with Crippen LogP contribution in [0.3, 0.4) is 0 Å². The van der Waals surface area contributed by atoms with Gasteiger partial charge in [0.1, 0.15) is 5.52 Å². The maximum absolute atomic E-state index is 6.63. The van der Waals surface area contributed by atoms with Crippen LogP contribution in [0.5, 0.6) is 0 Å². The minimum atomic E-state index is 0.535. The number of oxazole rings is 1. The summed E-state index contributed by atoms with van der Waals surface area (Å²) in [5.74, 6) is 2.34. The third kappa shape index (κ3) is 4.59. The lowest BCUT2D eigenvalue weighted by Crippen LogP contribution is -2.12. The molecule has 0 spiro atoms. The predicted octanol–water partition coefficient (Wildman–Crippen LogP) is 10.1. The molecule has 11 rings (SSSR count). The smallest absolute Gasteiger partial charge is 0.238 e. The van der Waals surface area contributed by atoms with Crippen LogP contribution in [0.2, 0.25) is 0 Å². The second-order valence-corrected chi connectivity index (χ2v) is 13.3. The molecule has 10 aromatic rings. The first kappa shape index (κ1) is 29.5. The van der Waals surface area contributed by atoms with Gasteiger partial charge in [-0.3, -0.25) is 9.55 Å². The molecule has 0 unspecified atom stereocenters. The number of rotatable bonds is 5. The molecule has 5 heterocycles. The average molecular weight is 684 g/mol. The molecule has 0 fully saturated rings. The second-order valence-electron chi connectivity index (χ2n) is 13.3. The van der Waals surface area contributed by atoms with Crippen LogP contribution in [0, 0.1) is 0 Å². The normalized spacial score (nSPS) is 12.4.